The lowest BCUT2D eigenvalue weighted by molar-refractivity contribution is 0.205. The molecule has 1 aliphatic rings. The lowest BCUT2D eigenvalue weighted by Gasteiger charge is -2.36. The van der Waals surface area contributed by atoms with Crippen LogP contribution < -0.4 is 5.32 Å². The lowest BCUT2D eigenvalue weighted by atomic mass is 9.77. The third kappa shape index (κ3) is 3.14. The van der Waals surface area contributed by atoms with Gasteiger partial charge in [-0.05, 0) is 31.2 Å². The summed E-state index contributed by atoms with van der Waals surface area (Å²) < 4.78 is 0. The lowest BCUT2D eigenvalue weighted by Crippen LogP contribution is -2.42. The van der Waals surface area contributed by atoms with E-state index < -0.39 is 0 Å². The van der Waals surface area contributed by atoms with E-state index in [2.05, 4.69) is 26.1 Å². The van der Waals surface area contributed by atoms with E-state index in [-0.39, 0.29) is 0 Å². The van der Waals surface area contributed by atoms with Crippen LogP contribution >= 0.6 is 0 Å². The molecular formula is C11H23N. The fraction of sp³-hybridized carbons (Fsp3) is 1.00. The van der Waals surface area contributed by atoms with Gasteiger partial charge in [0.1, 0.15) is 0 Å². The zero-order chi connectivity index (χ0) is 8.97. The summed E-state index contributed by atoms with van der Waals surface area (Å²) >= 11 is 0. The largest absolute Gasteiger partial charge is 0.314 e. The molecule has 12 heavy (non-hydrogen) atoms. The summed E-state index contributed by atoms with van der Waals surface area (Å²) in [6, 6.07) is 0.851. The standard InChI is InChI=1S/C11H23N/c1-4-5-10-6-11(7-10)12-8-9(2)3/h9-12H,4-8H2,1-3H3. The number of hydrogen-bond donors (Lipinski definition) is 1. The molecule has 1 aliphatic carbocycles. The monoisotopic (exact) mass is 169 g/mol. The van der Waals surface area contributed by atoms with Gasteiger partial charge in [0.25, 0.3) is 0 Å². The molecule has 0 aromatic heterocycles. The third-order valence-corrected chi connectivity index (χ3v) is 2.75. The van der Waals surface area contributed by atoms with Crippen molar-refractivity contribution in [2.24, 2.45) is 11.8 Å². The Morgan fingerprint density at radius 3 is 2.50 bits per heavy atom. The predicted molar refractivity (Wildman–Crippen MR) is 54.3 cm³/mol. The van der Waals surface area contributed by atoms with Gasteiger partial charge in [0.2, 0.25) is 0 Å². The molecule has 0 heterocycles. The Hall–Kier alpha value is -0.0400. The Labute approximate surface area is 76.9 Å². The molecule has 1 nitrogen and oxygen atoms in total. The summed E-state index contributed by atoms with van der Waals surface area (Å²) in [4.78, 5) is 0. The molecule has 1 N–H and O–H groups in total. The molecule has 0 bridgehead atoms. The van der Waals surface area contributed by atoms with Gasteiger partial charge in [-0.25, -0.2) is 0 Å². The normalized spacial score (nSPS) is 29.0. The fourth-order valence-corrected chi connectivity index (χ4v) is 1.95. The highest BCUT2D eigenvalue weighted by Crippen LogP contribution is 2.31. The zero-order valence-electron chi connectivity index (χ0n) is 8.77. The first kappa shape index (κ1) is 10.0. The summed E-state index contributed by atoms with van der Waals surface area (Å²) in [6.45, 7) is 8.03. The quantitative estimate of drug-likeness (QED) is 0.667. The van der Waals surface area contributed by atoms with Crippen LogP contribution in [0.3, 0.4) is 0 Å². The van der Waals surface area contributed by atoms with Crippen molar-refractivity contribution in [3.8, 4) is 0 Å². The Balaban J connectivity index is 1.95. The molecule has 0 aromatic rings. The molecule has 0 saturated heterocycles. The van der Waals surface area contributed by atoms with Crippen LogP contribution in [0.5, 0.6) is 0 Å². The Morgan fingerprint density at radius 2 is 2.00 bits per heavy atom. The molecule has 0 radical (unpaired) electrons. The maximum absolute atomic E-state index is 3.61. The van der Waals surface area contributed by atoms with Crippen LogP contribution in [-0.2, 0) is 0 Å². The average molecular weight is 169 g/mol. The van der Waals surface area contributed by atoms with E-state index in [1.54, 1.807) is 0 Å². The van der Waals surface area contributed by atoms with Gasteiger partial charge in [-0.2, -0.15) is 0 Å². The number of hydrogen-bond acceptors (Lipinski definition) is 1. The summed E-state index contributed by atoms with van der Waals surface area (Å²) in [5.74, 6) is 1.84. The van der Waals surface area contributed by atoms with E-state index in [1.165, 1.54) is 32.2 Å². The van der Waals surface area contributed by atoms with E-state index in [4.69, 9.17) is 0 Å². The van der Waals surface area contributed by atoms with Gasteiger partial charge in [-0.1, -0.05) is 33.6 Å². The molecule has 0 amide bonds. The van der Waals surface area contributed by atoms with Crippen LogP contribution in [0.2, 0.25) is 0 Å². The molecular weight excluding hydrogens is 146 g/mol. The highest BCUT2D eigenvalue weighted by atomic mass is 14.9. The van der Waals surface area contributed by atoms with E-state index in [0.717, 1.165) is 17.9 Å². The first-order valence-corrected chi connectivity index (χ1v) is 5.45. The van der Waals surface area contributed by atoms with Gasteiger partial charge in [-0.3, -0.25) is 0 Å². The Kier molecular flexibility index (Phi) is 4.07. The van der Waals surface area contributed by atoms with Gasteiger partial charge in [0.05, 0.1) is 0 Å². The minimum Gasteiger partial charge on any atom is -0.314 e. The van der Waals surface area contributed by atoms with Gasteiger partial charge in [-0.15, -0.1) is 0 Å². The van der Waals surface area contributed by atoms with Crippen molar-refractivity contribution in [3.05, 3.63) is 0 Å². The molecule has 0 unspecified atom stereocenters. The second kappa shape index (κ2) is 4.86. The van der Waals surface area contributed by atoms with Crippen LogP contribution in [0.15, 0.2) is 0 Å². The number of rotatable bonds is 5. The molecule has 0 atom stereocenters. The van der Waals surface area contributed by atoms with Crippen LogP contribution in [-0.4, -0.2) is 12.6 Å². The van der Waals surface area contributed by atoms with E-state index >= 15 is 0 Å². The molecule has 1 fully saturated rings. The zero-order valence-corrected chi connectivity index (χ0v) is 8.77. The third-order valence-electron chi connectivity index (χ3n) is 2.75. The molecule has 1 rings (SSSR count). The van der Waals surface area contributed by atoms with Gasteiger partial charge in [0.15, 0.2) is 0 Å². The van der Waals surface area contributed by atoms with Crippen LogP contribution in [0.1, 0.15) is 46.5 Å². The van der Waals surface area contributed by atoms with E-state index in [9.17, 15) is 0 Å². The molecule has 0 spiro atoms. The maximum atomic E-state index is 3.61. The van der Waals surface area contributed by atoms with E-state index in [1.807, 2.05) is 0 Å². The molecule has 1 heteroatoms. The minimum absolute atomic E-state index is 0.801. The van der Waals surface area contributed by atoms with Crippen molar-refractivity contribution >= 4 is 0 Å². The smallest absolute Gasteiger partial charge is 0.00724 e. The summed E-state index contributed by atoms with van der Waals surface area (Å²) in [6.07, 6.45) is 5.67. The van der Waals surface area contributed by atoms with Crippen LogP contribution in [0.4, 0.5) is 0 Å². The fourth-order valence-electron chi connectivity index (χ4n) is 1.95. The molecule has 1 saturated carbocycles. The van der Waals surface area contributed by atoms with Crippen molar-refractivity contribution in [1.82, 2.24) is 5.32 Å². The summed E-state index contributed by atoms with van der Waals surface area (Å²) in [5.41, 5.74) is 0. The maximum Gasteiger partial charge on any atom is 0.00724 e. The Morgan fingerprint density at radius 1 is 1.33 bits per heavy atom. The molecule has 0 aromatic carbocycles. The molecule has 0 aliphatic heterocycles. The van der Waals surface area contributed by atoms with Crippen molar-refractivity contribution in [2.45, 2.75) is 52.5 Å². The topological polar surface area (TPSA) is 12.0 Å². The summed E-state index contributed by atoms with van der Waals surface area (Å²) in [5, 5.41) is 3.61. The first-order valence-electron chi connectivity index (χ1n) is 5.45. The van der Waals surface area contributed by atoms with Crippen LogP contribution in [0, 0.1) is 11.8 Å². The van der Waals surface area contributed by atoms with Crippen molar-refractivity contribution in [2.75, 3.05) is 6.54 Å². The van der Waals surface area contributed by atoms with Crippen molar-refractivity contribution in [3.63, 3.8) is 0 Å². The van der Waals surface area contributed by atoms with E-state index in [0.29, 0.717) is 0 Å². The highest BCUT2D eigenvalue weighted by Gasteiger charge is 2.27. The second-order valence-corrected chi connectivity index (χ2v) is 4.63. The minimum atomic E-state index is 0.801. The summed E-state index contributed by atoms with van der Waals surface area (Å²) in [7, 11) is 0. The second-order valence-electron chi connectivity index (χ2n) is 4.63. The van der Waals surface area contributed by atoms with Crippen molar-refractivity contribution in [1.29, 1.82) is 0 Å². The van der Waals surface area contributed by atoms with Gasteiger partial charge < -0.3 is 5.32 Å². The van der Waals surface area contributed by atoms with Crippen molar-refractivity contribution < 1.29 is 0 Å². The highest BCUT2D eigenvalue weighted by molar-refractivity contribution is 4.84. The Bertz CT molecular complexity index is 114. The SMILES string of the molecule is CCCC1CC(NCC(C)C)C1. The number of nitrogens with one attached hydrogen (secondary N) is 1. The first-order chi connectivity index (χ1) is 5.72. The van der Waals surface area contributed by atoms with Gasteiger partial charge >= 0.3 is 0 Å². The van der Waals surface area contributed by atoms with Crippen LogP contribution in [0.25, 0.3) is 0 Å². The van der Waals surface area contributed by atoms with Gasteiger partial charge in [0, 0.05) is 6.04 Å². The predicted octanol–water partition coefficient (Wildman–Crippen LogP) is 2.81. The molecule has 72 valence electrons. The average Bonchev–Trinajstić information content (AvgIpc) is 1.93.